The van der Waals surface area contributed by atoms with Crippen LogP contribution in [0.2, 0.25) is 0 Å². The molecule has 7 heteroatoms. The van der Waals surface area contributed by atoms with Crippen molar-refractivity contribution < 1.29 is 17.9 Å². The number of alkyl halides is 1. The van der Waals surface area contributed by atoms with Crippen LogP contribution < -0.4 is 4.74 Å². The van der Waals surface area contributed by atoms with E-state index in [9.17, 15) is 4.39 Å². The zero-order valence-corrected chi connectivity index (χ0v) is 20.0. The molecule has 34 heavy (non-hydrogen) atoms. The molecule has 3 aromatic rings. The van der Waals surface area contributed by atoms with Gasteiger partial charge in [0.1, 0.15) is 29.7 Å². The number of halogens is 3. The fourth-order valence-electron chi connectivity index (χ4n) is 5.48. The normalized spacial score (nSPS) is 19.9. The zero-order valence-electron chi connectivity index (χ0n) is 20.0. The molecule has 5 rings (SSSR count). The molecular formula is C27H32F3N3O. The van der Waals surface area contributed by atoms with Gasteiger partial charge in [-0.1, -0.05) is 25.1 Å². The lowest BCUT2D eigenvalue weighted by atomic mass is 9.90. The highest BCUT2D eigenvalue weighted by Gasteiger charge is 2.38. The Morgan fingerprint density at radius 3 is 2.50 bits per heavy atom. The molecule has 2 aliphatic heterocycles. The Kier molecular flexibility index (Phi) is 6.10. The number of nitrogens with zero attached hydrogens (tertiary/aromatic N) is 2. The minimum Gasteiger partial charge on any atom is -0.492 e. The Morgan fingerprint density at radius 2 is 1.82 bits per heavy atom. The summed E-state index contributed by atoms with van der Waals surface area (Å²) in [6.45, 7) is 8.92. The molecular weight excluding hydrogens is 439 g/mol. The van der Waals surface area contributed by atoms with Crippen LogP contribution in [0.15, 0.2) is 36.4 Å². The quantitative estimate of drug-likeness (QED) is 0.496. The van der Waals surface area contributed by atoms with Crippen LogP contribution in [0.25, 0.3) is 10.9 Å². The van der Waals surface area contributed by atoms with Crippen LogP contribution in [0.3, 0.4) is 0 Å². The van der Waals surface area contributed by atoms with Crippen molar-refractivity contribution in [3.05, 3.63) is 64.9 Å². The fraction of sp³-hybridized carbons (Fsp3) is 0.481. The summed E-state index contributed by atoms with van der Waals surface area (Å²) in [5.74, 6) is -0.481. The number of rotatable bonds is 7. The summed E-state index contributed by atoms with van der Waals surface area (Å²) in [4.78, 5) is 7.47. The van der Waals surface area contributed by atoms with Crippen molar-refractivity contribution >= 4 is 10.9 Å². The van der Waals surface area contributed by atoms with E-state index >= 15 is 8.78 Å². The van der Waals surface area contributed by atoms with E-state index in [0.29, 0.717) is 25.5 Å². The number of aromatic nitrogens is 1. The molecule has 0 spiro atoms. The topological polar surface area (TPSA) is 31.5 Å². The molecule has 1 fully saturated rings. The van der Waals surface area contributed by atoms with Crippen LogP contribution in [0.4, 0.5) is 13.2 Å². The molecule has 1 unspecified atom stereocenters. The van der Waals surface area contributed by atoms with E-state index in [0.717, 1.165) is 41.8 Å². The summed E-state index contributed by atoms with van der Waals surface area (Å²) < 4.78 is 51.4. The minimum absolute atomic E-state index is 0.0673. The van der Waals surface area contributed by atoms with Gasteiger partial charge in [0.25, 0.3) is 0 Å². The van der Waals surface area contributed by atoms with Crippen molar-refractivity contribution in [1.29, 1.82) is 0 Å². The van der Waals surface area contributed by atoms with E-state index in [1.807, 2.05) is 29.2 Å². The Balaban J connectivity index is 1.47. The van der Waals surface area contributed by atoms with Crippen LogP contribution >= 0.6 is 0 Å². The van der Waals surface area contributed by atoms with Crippen LogP contribution in [-0.4, -0.2) is 59.8 Å². The molecule has 0 bridgehead atoms. The van der Waals surface area contributed by atoms with E-state index in [2.05, 4.69) is 16.8 Å². The van der Waals surface area contributed by atoms with Crippen LogP contribution in [0, 0.1) is 17.6 Å². The van der Waals surface area contributed by atoms with Gasteiger partial charge < -0.3 is 9.72 Å². The van der Waals surface area contributed by atoms with E-state index in [1.54, 1.807) is 0 Å². The monoisotopic (exact) mass is 471 g/mol. The molecule has 1 aromatic heterocycles. The lowest BCUT2D eigenvalue weighted by Crippen LogP contribution is -2.46. The summed E-state index contributed by atoms with van der Waals surface area (Å²) in [5, 5.41) is 1.04. The van der Waals surface area contributed by atoms with Crippen molar-refractivity contribution in [1.82, 2.24) is 14.8 Å². The largest absolute Gasteiger partial charge is 0.492 e. The molecule has 0 saturated carbocycles. The van der Waals surface area contributed by atoms with Crippen molar-refractivity contribution in [2.45, 2.75) is 38.9 Å². The maximum atomic E-state index is 15.5. The molecule has 3 heterocycles. The van der Waals surface area contributed by atoms with Gasteiger partial charge in [-0.05, 0) is 37.8 Å². The van der Waals surface area contributed by atoms with Gasteiger partial charge in [-0.2, -0.15) is 0 Å². The predicted molar refractivity (Wildman–Crippen MR) is 128 cm³/mol. The van der Waals surface area contributed by atoms with Crippen molar-refractivity contribution in [3.8, 4) is 5.75 Å². The molecule has 2 aliphatic rings. The number of ether oxygens (including phenoxy) is 1. The first kappa shape index (κ1) is 23.2. The average molecular weight is 472 g/mol. The second-order valence-electron chi connectivity index (χ2n) is 10.4. The number of benzene rings is 2. The van der Waals surface area contributed by atoms with E-state index in [-0.39, 0.29) is 17.9 Å². The van der Waals surface area contributed by atoms with Gasteiger partial charge in [-0.15, -0.1) is 0 Å². The third-order valence-electron chi connectivity index (χ3n) is 6.86. The second kappa shape index (κ2) is 8.93. The molecule has 4 nitrogen and oxygen atoms in total. The molecule has 0 aliphatic carbocycles. The predicted octanol–water partition coefficient (Wildman–Crippen LogP) is 5.47. The first-order valence-corrected chi connectivity index (χ1v) is 12.1. The zero-order chi connectivity index (χ0) is 24.0. The lowest BCUT2D eigenvalue weighted by molar-refractivity contribution is 0.0924. The van der Waals surface area contributed by atoms with Gasteiger partial charge in [-0.3, -0.25) is 9.80 Å². The minimum atomic E-state index is -1.51. The second-order valence-corrected chi connectivity index (χ2v) is 10.4. The summed E-state index contributed by atoms with van der Waals surface area (Å²) in [6, 6.07) is 9.62. The highest BCUT2D eigenvalue weighted by Crippen LogP contribution is 2.41. The summed E-state index contributed by atoms with van der Waals surface area (Å²) in [5.41, 5.74) is 1.11. The summed E-state index contributed by atoms with van der Waals surface area (Å²) >= 11 is 0. The van der Waals surface area contributed by atoms with Crippen LogP contribution in [-0.2, 0) is 6.42 Å². The van der Waals surface area contributed by atoms with Crippen LogP contribution in [0.1, 0.15) is 43.6 Å². The van der Waals surface area contributed by atoms with Gasteiger partial charge in [0.15, 0.2) is 0 Å². The third-order valence-corrected chi connectivity index (χ3v) is 6.86. The highest BCUT2D eigenvalue weighted by molar-refractivity contribution is 5.85. The summed E-state index contributed by atoms with van der Waals surface area (Å²) in [7, 11) is 0. The Morgan fingerprint density at radius 1 is 1.12 bits per heavy atom. The van der Waals surface area contributed by atoms with Crippen molar-refractivity contribution in [2.24, 2.45) is 5.92 Å². The highest BCUT2D eigenvalue weighted by atomic mass is 19.1. The number of likely N-dealkylation sites (tertiary alicyclic amines) is 1. The van der Waals surface area contributed by atoms with Gasteiger partial charge in [-0.25, -0.2) is 13.2 Å². The lowest BCUT2D eigenvalue weighted by Gasteiger charge is -2.38. The smallest absolute Gasteiger partial charge is 0.135 e. The average Bonchev–Trinajstić information content (AvgIpc) is 3.11. The number of hydrogen-bond donors (Lipinski definition) is 1. The van der Waals surface area contributed by atoms with Crippen molar-refractivity contribution in [3.63, 3.8) is 0 Å². The molecule has 0 amide bonds. The number of H-pyrrole nitrogens is 1. The van der Waals surface area contributed by atoms with E-state index < -0.39 is 23.3 Å². The number of aromatic amines is 1. The third kappa shape index (κ3) is 4.56. The van der Waals surface area contributed by atoms with Gasteiger partial charge in [0.2, 0.25) is 0 Å². The first-order chi connectivity index (χ1) is 16.2. The van der Waals surface area contributed by atoms with E-state index in [4.69, 9.17) is 4.74 Å². The van der Waals surface area contributed by atoms with Crippen LogP contribution in [0.5, 0.6) is 5.75 Å². The van der Waals surface area contributed by atoms with Gasteiger partial charge >= 0.3 is 0 Å². The Hall–Kier alpha value is -2.51. The van der Waals surface area contributed by atoms with Gasteiger partial charge in [0, 0.05) is 67.0 Å². The maximum absolute atomic E-state index is 15.5. The number of nitrogens with one attached hydrogen (secondary N) is 1. The Bertz CT molecular complexity index is 1160. The van der Waals surface area contributed by atoms with Gasteiger partial charge in [0.05, 0.1) is 6.04 Å². The Labute approximate surface area is 198 Å². The standard InChI is InChI=1S/C27H32F3N3O/c1-17-14-32(15-17)10-11-34-18-12-21(28)24(22(29)13-18)26-25-20(8-9-33(26)16-27(2,3)30)19-6-4-5-7-23(19)31-25/h4-7,12-13,17,26,31H,8-11,14-16H2,1-3H3. The fourth-order valence-corrected chi connectivity index (χ4v) is 5.48. The SMILES string of the molecule is CC1CN(CCOc2cc(F)c(C3c4[nH]c5ccccc5c4CCN3CC(C)(C)F)c(F)c2)C1. The van der Waals surface area contributed by atoms with Crippen molar-refractivity contribution in [2.75, 3.05) is 39.3 Å². The molecule has 1 atom stereocenters. The number of para-hydroxylation sites is 1. The van der Waals surface area contributed by atoms with E-state index in [1.165, 1.54) is 26.0 Å². The molecule has 1 N–H and O–H groups in total. The summed E-state index contributed by atoms with van der Waals surface area (Å²) in [6.07, 6.45) is 0.686. The maximum Gasteiger partial charge on any atom is 0.135 e. The molecule has 1 saturated heterocycles. The first-order valence-electron chi connectivity index (χ1n) is 12.1. The molecule has 0 radical (unpaired) electrons. The number of hydrogen-bond acceptors (Lipinski definition) is 3. The molecule has 2 aromatic carbocycles. The molecule has 182 valence electrons. The number of fused-ring (bicyclic) bond motifs is 3.